The highest BCUT2D eigenvalue weighted by molar-refractivity contribution is 6.32. The molecule has 11 heteroatoms. The summed E-state index contributed by atoms with van der Waals surface area (Å²) in [7, 11) is 0. The zero-order chi connectivity index (χ0) is 22.8. The van der Waals surface area contributed by atoms with Crippen molar-refractivity contribution in [2.75, 3.05) is 6.61 Å². The summed E-state index contributed by atoms with van der Waals surface area (Å²) in [5.74, 6) is -3.44. The quantitative estimate of drug-likeness (QED) is 0.169. The van der Waals surface area contributed by atoms with Gasteiger partial charge in [-0.1, -0.05) is 12.1 Å². The number of carbonyl (C=O) groups is 2. The highest BCUT2D eigenvalue weighted by Crippen LogP contribution is 2.34. The fraction of sp³-hybridized carbons (Fsp3) is 0.421. The van der Waals surface area contributed by atoms with Crippen molar-refractivity contribution < 1.29 is 49.8 Å². The minimum atomic E-state index is -2.76. The molecule has 0 aliphatic heterocycles. The standard InChI is InChI=1S/C19H22O11/c1-8-4-14(23)30-13-5-9(2-3-10(8)13)19(29,6-11(21)18(27)28)17(26)16(25)15(24)12(22)7-20/h2-5,12,15-17,20,22,24-26,29H,6-7H2,1H3,(H,27,28)/t12-,15+,16-,17-,19+/m0/s1. The third-order valence-corrected chi connectivity index (χ3v) is 4.86. The van der Waals surface area contributed by atoms with Crippen molar-refractivity contribution in [1.82, 2.24) is 0 Å². The molecule has 0 aliphatic carbocycles. The second kappa shape index (κ2) is 9.00. The average Bonchev–Trinajstić information content (AvgIpc) is 2.70. The molecule has 0 fully saturated rings. The van der Waals surface area contributed by atoms with Gasteiger partial charge in [0.05, 0.1) is 13.0 Å². The van der Waals surface area contributed by atoms with E-state index in [1.54, 1.807) is 6.92 Å². The first kappa shape index (κ1) is 23.6. The highest BCUT2D eigenvalue weighted by atomic mass is 16.4. The molecule has 5 atom stereocenters. The zero-order valence-corrected chi connectivity index (χ0v) is 15.8. The van der Waals surface area contributed by atoms with Crippen LogP contribution >= 0.6 is 0 Å². The summed E-state index contributed by atoms with van der Waals surface area (Å²) in [6.45, 7) is 0.627. The van der Waals surface area contributed by atoms with Crippen LogP contribution < -0.4 is 5.63 Å². The number of aryl methyl sites for hydroxylation is 1. The summed E-state index contributed by atoms with van der Waals surface area (Å²) < 4.78 is 5.04. The number of aliphatic hydroxyl groups excluding tert-OH is 5. The monoisotopic (exact) mass is 426 g/mol. The molecule has 30 heavy (non-hydrogen) atoms. The Morgan fingerprint density at radius 3 is 2.30 bits per heavy atom. The molecule has 0 aliphatic rings. The molecular weight excluding hydrogens is 404 g/mol. The fourth-order valence-corrected chi connectivity index (χ4v) is 3.10. The Bertz CT molecular complexity index is 998. The van der Waals surface area contributed by atoms with Gasteiger partial charge in [-0.25, -0.2) is 9.59 Å². The fourth-order valence-electron chi connectivity index (χ4n) is 3.10. The van der Waals surface area contributed by atoms with Crippen LogP contribution in [0.1, 0.15) is 17.5 Å². The maximum absolute atomic E-state index is 11.8. The largest absolute Gasteiger partial charge is 0.475 e. The van der Waals surface area contributed by atoms with E-state index in [0.29, 0.717) is 10.9 Å². The van der Waals surface area contributed by atoms with Crippen LogP contribution in [-0.4, -0.2) is 78.5 Å². The number of benzene rings is 1. The summed E-state index contributed by atoms with van der Waals surface area (Å²) in [4.78, 5) is 34.5. The van der Waals surface area contributed by atoms with Crippen molar-refractivity contribution in [1.29, 1.82) is 0 Å². The first-order valence-electron chi connectivity index (χ1n) is 8.79. The van der Waals surface area contributed by atoms with Gasteiger partial charge in [0.2, 0.25) is 5.78 Å². The lowest BCUT2D eigenvalue weighted by molar-refractivity contribution is -0.182. The van der Waals surface area contributed by atoms with E-state index in [1.807, 2.05) is 0 Å². The van der Waals surface area contributed by atoms with E-state index in [-0.39, 0.29) is 11.1 Å². The summed E-state index contributed by atoms with van der Waals surface area (Å²) >= 11 is 0. The Morgan fingerprint density at radius 2 is 1.73 bits per heavy atom. The third kappa shape index (κ3) is 4.56. The number of ketones is 1. The summed E-state index contributed by atoms with van der Waals surface area (Å²) in [5, 5.41) is 69.4. The maximum atomic E-state index is 11.8. The van der Waals surface area contributed by atoms with Crippen LogP contribution in [0, 0.1) is 6.92 Å². The molecule has 1 aromatic heterocycles. The Hall–Kier alpha value is -2.67. The minimum absolute atomic E-state index is 0.0451. The lowest BCUT2D eigenvalue weighted by Crippen LogP contribution is -2.55. The molecule has 11 nitrogen and oxygen atoms in total. The second-order valence-electron chi connectivity index (χ2n) is 6.96. The Balaban J connectivity index is 2.61. The lowest BCUT2D eigenvalue weighted by atomic mass is 9.79. The van der Waals surface area contributed by atoms with Crippen molar-refractivity contribution in [3.63, 3.8) is 0 Å². The van der Waals surface area contributed by atoms with Gasteiger partial charge < -0.3 is 40.2 Å². The van der Waals surface area contributed by atoms with Gasteiger partial charge in [-0.2, -0.15) is 0 Å². The number of Topliss-reactive ketones (excluding diaryl/α,β-unsaturated/α-hetero) is 1. The number of hydrogen-bond acceptors (Lipinski definition) is 10. The van der Waals surface area contributed by atoms with E-state index in [1.165, 1.54) is 18.2 Å². The summed E-state index contributed by atoms with van der Waals surface area (Å²) in [5.41, 5.74) is -3.29. The number of carbonyl (C=O) groups excluding carboxylic acids is 1. The molecule has 1 heterocycles. The van der Waals surface area contributed by atoms with Gasteiger partial charge in [0.1, 0.15) is 35.6 Å². The van der Waals surface area contributed by atoms with Gasteiger partial charge in [-0.3, -0.25) is 4.79 Å². The van der Waals surface area contributed by atoms with Gasteiger partial charge in [0.15, 0.2) is 0 Å². The van der Waals surface area contributed by atoms with Crippen LogP contribution in [0.15, 0.2) is 33.5 Å². The Labute approximate surface area is 169 Å². The predicted octanol–water partition coefficient (Wildman–Crippen LogP) is -2.23. The topological polar surface area (TPSA) is 206 Å². The van der Waals surface area contributed by atoms with E-state index in [4.69, 9.17) is 14.6 Å². The maximum Gasteiger partial charge on any atom is 0.372 e. The van der Waals surface area contributed by atoms with Crippen molar-refractivity contribution in [3.8, 4) is 0 Å². The Kier molecular flexibility index (Phi) is 7.08. The molecule has 1 aromatic carbocycles. The highest BCUT2D eigenvalue weighted by Gasteiger charge is 2.47. The average molecular weight is 426 g/mol. The van der Waals surface area contributed by atoms with Crippen LogP contribution in [-0.2, 0) is 15.2 Å². The van der Waals surface area contributed by atoms with Crippen LogP contribution in [0.2, 0.25) is 0 Å². The molecule has 0 bridgehead atoms. The van der Waals surface area contributed by atoms with Crippen LogP contribution in [0.5, 0.6) is 0 Å². The number of hydrogen-bond donors (Lipinski definition) is 7. The molecule has 2 aromatic rings. The molecule has 0 saturated carbocycles. The number of aliphatic carboxylic acids is 1. The van der Waals surface area contributed by atoms with Gasteiger partial charge in [-0.05, 0) is 24.1 Å². The van der Waals surface area contributed by atoms with Crippen molar-refractivity contribution in [2.24, 2.45) is 0 Å². The van der Waals surface area contributed by atoms with E-state index in [2.05, 4.69) is 0 Å². The van der Waals surface area contributed by atoms with Crippen LogP contribution in [0.3, 0.4) is 0 Å². The molecule has 2 rings (SSSR count). The Morgan fingerprint density at radius 1 is 1.10 bits per heavy atom. The molecule has 164 valence electrons. The summed E-state index contributed by atoms with van der Waals surface area (Å²) in [6, 6.07) is 4.91. The van der Waals surface area contributed by atoms with Gasteiger partial charge in [0, 0.05) is 11.5 Å². The first-order valence-corrected chi connectivity index (χ1v) is 8.79. The van der Waals surface area contributed by atoms with Crippen molar-refractivity contribution >= 4 is 22.7 Å². The zero-order valence-electron chi connectivity index (χ0n) is 15.8. The number of fused-ring (bicyclic) bond motifs is 1. The number of carboxylic acid groups (broad SMARTS) is 1. The van der Waals surface area contributed by atoms with Crippen molar-refractivity contribution in [2.45, 2.75) is 43.4 Å². The van der Waals surface area contributed by atoms with E-state index < -0.39 is 60.4 Å². The third-order valence-electron chi connectivity index (χ3n) is 4.86. The van der Waals surface area contributed by atoms with Crippen LogP contribution in [0.25, 0.3) is 11.0 Å². The van der Waals surface area contributed by atoms with E-state index >= 15 is 0 Å². The normalized spacial score (nSPS) is 17.7. The van der Waals surface area contributed by atoms with Gasteiger partial charge in [-0.15, -0.1) is 0 Å². The lowest BCUT2D eigenvalue weighted by Gasteiger charge is -2.37. The first-order chi connectivity index (χ1) is 13.9. The number of aliphatic hydroxyl groups is 6. The summed E-state index contributed by atoms with van der Waals surface area (Å²) in [6.07, 6.45) is -9.93. The molecular formula is C19H22O11. The predicted molar refractivity (Wildman–Crippen MR) is 99.5 cm³/mol. The number of rotatable bonds is 9. The van der Waals surface area contributed by atoms with Crippen molar-refractivity contribution in [3.05, 3.63) is 45.8 Å². The smallest absolute Gasteiger partial charge is 0.372 e. The minimum Gasteiger partial charge on any atom is -0.475 e. The molecule has 0 radical (unpaired) electrons. The molecule has 0 unspecified atom stereocenters. The second-order valence-corrected chi connectivity index (χ2v) is 6.96. The molecule has 0 amide bonds. The van der Waals surface area contributed by atoms with Gasteiger partial charge in [0.25, 0.3) is 0 Å². The van der Waals surface area contributed by atoms with Gasteiger partial charge >= 0.3 is 11.6 Å². The van der Waals surface area contributed by atoms with E-state index in [9.17, 15) is 39.9 Å². The number of carboxylic acids is 1. The SMILES string of the molecule is Cc1cc(=O)oc2cc([C@](O)(CC(=O)C(=O)O)[C@@H](O)[C@@H](O)[C@H](O)[C@@H](O)CO)ccc12. The van der Waals surface area contributed by atoms with Crippen LogP contribution in [0.4, 0.5) is 0 Å². The molecule has 0 saturated heterocycles. The van der Waals surface area contributed by atoms with E-state index in [0.717, 1.165) is 6.07 Å². The molecule has 7 N–H and O–H groups in total. The molecule has 0 spiro atoms.